The number of hydrogen-bond donors (Lipinski definition) is 1. The molecule has 7 heteroatoms. The molecule has 2 aromatic carbocycles. The lowest BCUT2D eigenvalue weighted by atomic mass is 10.0. The average molecular weight is 373 g/mol. The van der Waals surface area contributed by atoms with Crippen LogP contribution in [-0.4, -0.2) is 32.9 Å². The summed E-state index contributed by atoms with van der Waals surface area (Å²) in [6, 6.07) is 11.3. The fourth-order valence-corrected chi connectivity index (χ4v) is 5.38. The number of methoxy groups -OCH3 is 1. The highest BCUT2D eigenvalue weighted by Crippen LogP contribution is 2.36. The molecule has 1 aliphatic rings. The highest BCUT2D eigenvalue weighted by atomic mass is 32.2. The van der Waals surface area contributed by atoms with Gasteiger partial charge in [0.05, 0.1) is 24.3 Å². The second-order valence-corrected chi connectivity index (χ2v) is 8.90. The summed E-state index contributed by atoms with van der Waals surface area (Å²) in [6.07, 6.45) is 0.718. The molecule has 1 aromatic heterocycles. The van der Waals surface area contributed by atoms with Crippen molar-refractivity contribution in [3.63, 3.8) is 0 Å². The van der Waals surface area contributed by atoms with Crippen LogP contribution in [0.3, 0.4) is 0 Å². The number of rotatable bonds is 4. The molecule has 26 heavy (non-hydrogen) atoms. The molecule has 1 atom stereocenters. The topological polar surface area (TPSA) is 85.6 Å². The fraction of sp³-hybridized carbons (Fsp3) is 0.316. The lowest BCUT2D eigenvalue weighted by Crippen LogP contribution is -2.17. The average Bonchev–Trinajstić information content (AvgIpc) is 3.12. The number of anilines is 1. The molecular weight excluding hydrogens is 354 g/mol. The Hall–Kier alpha value is -2.54. The van der Waals surface area contributed by atoms with Crippen LogP contribution < -0.4 is 10.1 Å². The zero-order valence-electron chi connectivity index (χ0n) is 14.3. The maximum atomic E-state index is 12.4. The number of sulfone groups is 1. The standard InChI is InChI=1S/C19H19NO5S/c1-24-18-9-14-13-4-2-3-5-16(13)25-17(14)10-15(18)20-19(21)8-12-6-7-26(22,23)11-12/h2-5,9-10,12H,6-8,11H2,1H3,(H,20,21)/t12-/m1/s1. The van der Waals surface area contributed by atoms with E-state index in [1.807, 2.05) is 30.3 Å². The summed E-state index contributed by atoms with van der Waals surface area (Å²) >= 11 is 0. The quantitative estimate of drug-likeness (QED) is 0.758. The minimum absolute atomic E-state index is 0.0835. The minimum Gasteiger partial charge on any atom is -0.495 e. The number of nitrogens with one attached hydrogen (secondary N) is 1. The van der Waals surface area contributed by atoms with Crippen molar-refractivity contribution in [2.24, 2.45) is 5.92 Å². The van der Waals surface area contributed by atoms with Gasteiger partial charge >= 0.3 is 0 Å². The first-order chi connectivity index (χ1) is 12.4. The lowest BCUT2D eigenvalue weighted by molar-refractivity contribution is -0.116. The Kier molecular flexibility index (Phi) is 4.11. The first-order valence-electron chi connectivity index (χ1n) is 8.45. The molecule has 1 amide bonds. The maximum Gasteiger partial charge on any atom is 0.224 e. The molecule has 6 nitrogen and oxygen atoms in total. The van der Waals surface area contributed by atoms with E-state index in [-0.39, 0.29) is 29.8 Å². The van der Waals surface area contributed by atoms with Gasteiger partial charge in [0, 0.05) is 23.3 Å². The Labute approximate surface area is 151 Å². The number of benzene rings is 2. The summed E-state index contributed by atoms with van der Waals surface area (Å²) in [5.41, 5.74) is 1.94. The number of furan rings is 1. The zero-order valence-corrected chi connectivity index (χ0v) is 15.1. The van der Waals surface area contributed by atoms with E-state index in [4.69, 9.17) is 9.15 Å². The number of fused-ring (bicyclic) bond motifs is 3. The SMILES string of the molecule is COc1cc2c(cc1NC(=O)C[C@H]1CCS(=O)(=O)C1)oc1ccccc12. The van der Waals surface area contributed by atoms with Crippen LogP contribution in [0.4, 0.5) is 5.69 Å². The van der Waals surface area contributed by atoms with Crippen LogP contribution in [0.2, 0.25) is 0 Å². The van der Waals surface area contributed by atoms with Crippen molar-refractivity contribution < 1.29 is 22.4 Å². The molecule has 0 radical (unpaired) electrons. The van der Waals surface area contributed by atoms with E-state index >= 15 is 0 Å². The Morgan fingerprint density at radius 1 is 1.23 bits per heavy atom. The third-order valence-corrected chi connectivity index (χ3v) is 6.61. The van der Waals surface area contributed by atoms with Gasteiger partial charge in [-0.3, -0.25) is 4.79 Å². The molecule has 0 bridgehead atoms. The molecule has 2 heterocycles. The summed E-state index contributed by atoms with van der Waals surface area (Å²) in [5, 5.41) is 4.73. The molecule has 0 aliphatic carbocycles. The van der Waals surface area contributed by atoms with Gasteiger partial charge < -0.3 is 14.5 Å². The van der Waals surface area contributed by atoms with Crippen molar-refractivity contribution in [1.82, 2.24) is 0 Å². The van der Waals surface area contributed by atoms with Gasteiger partial charge in [-0.15, -0.1) is 0 Å². The Bertz CT molecular complexity index is 1100. The number of para-hydroxylation sites is 1. The van der Waals surface area contributed by atoms with Gasteiger partial charge in [0.2, 0.25) is 5.91 Å². The summed E-state index contributed by atoms with van der Waals surface area (Å²) < 4.78 is 34.4. The van der Waals surface area contributed by atoms with Crippen molar-refractivity contribution in [3.05, 3.63) is 36.4 Å². The van der Waals surface area contributed by atoms with Gasteiger partial charge in [-0.2, -0.15) is 0 Å². The lowest BCUT2D eigenvalue weighted by Gasteiger charge is -2.12. The predicted molar refractivity (Wildman–Crippen MR) is 100 cm³/mol. The van der Waals surface area contributed by atoms with Crippen molar-refractivity contribution >= 4 is 43.4 Å². The van der Waals surface area contributed by atoms with Crippen LogP contribution in [0.1, 0.15) is 12.8 Å². The molecule has 1 aliphatic heterocycles. The summed E-state index contributed by atoms with van der Waals surface area (Å²) in [6.45, 7) is 0. The number of hydrogen-bond acceptors (Lipinski definition) is 5. The Morgan fingerprint density at radius 3 is 2.77 bits per heavy atom. The number of carbonyl (C=O) groups is 1. The molecule has 4 rings (SSSR count). The van der Waals surface area contributed by atoms with Crippen molar-refractivity contribution in [1.29, 1.82) is 0 Å². The second-order valence-electron chi connectivity index (χ2n) is 6.67. The summed E-state index contributed by atoms with van der Waals surface area (Å²) in [5.74, 6) is 0.442. The first kappa shape index (κ1) is 16.9. The first-order valence-corrected chi connectivity index (χ1v) is 10.3. The van der Waals surface area contributed by atoms with Crippen LogP contribution in [0.25, 0.3) is 21.9 Å². The third-order valence-electron chi connectivity index (χ3n) is 4.77. The van der Waals surface area contributed by atoms with Crippen LogP contribution in [-0.2, 0) is 14.6 Å². The van der Waals surface area contributed by atoms with Gasteiger partial charge in [0.1, 0.15) is 16.9 Å². The third kappa shape index (κ3) is 3.14. The number of carbonyl (C=O) groups excluding carboxylic acids is 1. The van der Waals surface area contributed by atoms with E-state index in [2.05, 4.69) is 5.32 Å². The summed E-state index contributed by atoms with van der Waals surface area (Å²) in [7, 11) is -1.45. The smallest absolute Gasteiger partial charge is 0.224 e. The van der Waals surface area contributed by atoms with Gasteiger partial charge in [-0.05, 0) is 24.5 Å². The van der Waals surface area contributed by atoms with Gasteiger partial charge in [0.25, 0.3) is 0 Å². The van der Waals surface area contributed by atoms with Crippen LogP contribution in [0, 0.1) is 5.92 Å². The van der Waals surface area contributed by atoms with Gasteiger partial charge in [-0.25, -0.2) is 8.42 Å². The van der Waals surface area contributed by atoms with Crippen molar-refractivity contribution in [2.75, 3.05) is 23.9 Å². The molecule has 1 fully saturated rings. The van der Waals surface area contributed by atoms with Crippen LogP contribution in [0.5, 0.6) is 5.75 Å². The number of ether oxygens (including phenoxy) is 1. The predicted octanol–water partition coefficient (Wildman–Crippen LogP) is 3.36. The molecule has 0 unspecified atom stereocenters. The Balaban J connectivity index is 1.61. The zero-order chi connectivity index (χ0) is 18.3. The fourth-order valence-electron chi connectivity index (χ4n) is 3.51. The minimum atomic E-state index is -2.99. The van der Waals surface area contributed by atoms with Gasteiger partial charge in [0.15, 0.2) is 9.84 Å². The molecule has 0 spiro atoms. The Morgan fingerprint density at radius 2 is 2.04 bits per heavy atom. The molecule has 0 saturated carbocycles. The highest BCUT2D eigenvalue weighted by molar-refractivity contribution is 7.91. The van der Waals surface area contributed by atoms with Crippen molar-refractivity contribution in [3.8, 4) is 5.75 Å². The van der Waals surface area contributed by atoms with Gasteiger partial charge in [-0.1, -0.05) is 18.2 Å². The van der Waals surface area contributed by atoms with E-state index in [1.165, 1.54) is 0 Å². The largest absolute Gasteiger partial charge is 0.495 e. The van der Waals surface area contributed by atoms with Crippen LogP contribution >= 0.6 is 0 Å². The van der Waals surface area contributed by atoms with Crippen molar-refractivity contribution in [2.45, 2.75) is 12.8 Å². The second kappa shape index (κ2) is 6.32. The summed E-state index contributed by atoms with van der Waals surface area (Å²) in [4.78, 5) is 12.4. The molecular formula is C19H19NO5S. The van der Waals surface area contributed by atoms with Crippen LogP contribution in [0.15, 0.2) is 40.8 Å². The highest BCUT2D eigenvalue weighted by Gasteiger charge is 2.29. The normalized spacial score (nSPS) is 19.0. The molecule has 1 N–H and O–H groups in total. The molecule has 3 aromatic rings. The number of amides is 1. The monoisotopic (exact) mass is 373 g/mol. The molecule has 1 saturated heterocycles. The van der Waals surface area contributed by atoms with E-state index in [0.717, 1.165) is 16.4 Å². The molecule has 136 valence electrons. The van der Waals surface area contributed by atoms with E-state index in [1.54, 1.807) is 13.2 Å². The maximum absolute atomic E-state index is 12.4. The van der Waals surface area contributed by atoms with E-state index in [9.17, 15) is 13.2 Å². The van der Waals surface area contributed by atoms with E-state index in [0.29, 0.717) is 23.4 Å². The van der Waals surface area contributed by atoms with E-state index < -0.39 is 9.84 Å².